The largest absolute Gasteiger partial charge is 0.361 e. The van der Waals surface area contributed by atoms with Crippen LogP contribution in [-0.4, -0.2) is 40.9 Å². The van der Waals surface area contributed by atoms with Crippen LogP contribution < -0.4 is 10.6 Å². The molecular formula is C29H39N5OS2. The average molecular weight is 538 g/mol. The van der Waals surface area contributed by atoms with Crippen LogP contribution in [0, 0.1) is 0 Å². The molecule has 0 radical (unpaired) electrons. The van der Waals surface area contributed by atoms with Crippen LogP contribution in [0.5, 0.6) is 0 Å². The molecule has 198 valence electrons. The molecule has 3 rings (SSSR count). The predicted octanol–water partition coefficient (Wildman–Crippen LogP) is 7.47. The highest BCUT2D eigenvalue weighted by Crippen LogP contribution is 2.22. The lowest BCUT2D eigenvalue weighted by atomic mass is 10.1. The van der Waals surface area contributed by atoms with Gasteiger partial charge in [-0.05, 0) is 53.3 Å². The zero-order chi connectivity index (χ0) is 27.6. The van der Waals surface area contributed by atoms with Crippen molar-refractivity contribution in [1.29, 1.82) is 0 Å². The number of hydrogen-bond donors (Lipinski definition) is 5. The number of rotatable bonds is 11. The van der Waals surface area contributed by atoms with E-state index in [9.17, 15) is 4.79 Å². The van der Waals surface area contributed by atoms with Crippen molar-refractivity contribution in [3.63, 3.8) is 0 Å². The van der Waals surface area contributed by atoms with Gasteiger partial charge in [0.15, 0.2) is 0 Å². The van der Waals surface area contributed by atoms with E-state index in [1.54, 1.807) is 6.08 Å². The van der Waals surface area contributed by atoms with E-state index < -0.39 is 0 Å². The van der Waals surface area contributed by atoms with Crippen LogP contribution in [0.2, 0.25) is 0 Å². The van der Waals surface area contributed by atoms with Crippen molar-refractivity contribution in [1.82, 2.24) is 15.1 Å². The molecule has 2 aromatic carbocycles. The number of H-pyrrole nitrogens is 1. The summed E-state index contributed by atoms with van der Waals surface area (Å²) in [5, 5.41) is 14.3. The Morgan fingerprint density at radius 1 is 1.16 bits per heavy atom. The molecule has 6 nitrogen and oxygen atoms in total. The Labute approximate surface area is 232 Å². The van der Waals surface area contributed by atoms with Crippen LogP contribution in [0.15, 0.2) is 78.5 Å². The second-order valence-corrected chi connectivity index (χ2v) is 8.58. The van der Waals surface area contributed by atoms with Gasteiger partial charge in [-0.25, -0.2) is 0 Å². The fourth-order valence-electron chi connectivity index (χ4n) is 3.02. The number of nitrogens with zero attached hydrogens (tertiary/aromatic N) is 2. The number of thiol groups is 2. The molecule has 0 unspecified atom stereocenters. The second-order valence-electron chi connectivity index (χ2n) is 7.55. The number of allylic oxidation sites excluding steroid dienone is 3. The lowest BCUT2D eigenvalue weighted by Gasteiger charge is -2.22. The number of benzene rings is 2. The molecule has 1 amide bonds. The molecule has 0 aliphatic carbocycles. The highest BCUT2D eigenvalue weighted by Gasteiger charge is 2.05. The van der Waals surface area contributed by atoms with E-state index in [4.69, 9.17) is 0 Å². The van der Waals surface area contributed by atoms with Crippen LogP contribution in [0.4, 0.5) is 11.4 Å². The van der Waals surface area contributed by atoms with Gasteiger partial charge in [0.05, 0.1) is 17.0 Å². The molecule has 0 aliphatic rings. The van der Waals surface area contributed by atoms with E-state index in [0.717, 1.165) is 63.0 Å². The van der Waals surface area contributed by atoms with E-state index in [2.05, 4.69) is 66.2 Å². The van der Waals surface area contributed by atoms with Gasteiger partial charge >= 0.3 is 0 Å². The maximum Gasteiger partial charge on any atom is 0.211 e. The van der Waals surface area contributed by atoms with E-state index in [-0.39, 0.29) is 0 Å². The lowest BCUT2D eigenvalue weighted by Crippen LogP contribution is -2.24. The SMILES string of the molecule is C=C(Nc1cccc(/C=C/c2n[nH]c3ccc(NC=O)cc23)c1)N(C)CCS.C=C/C=C(\S)CC.CC. The standard InChI is InChI=1S/C21H23N5OS.C6H10S.C2H6/c1-15(26(2)10-11-28)23-18-5-3-4-16(12-18)6-8-20-19-13-17(22-14-27)7-9-21(19)25-24-20;1-3-5-6(7)4-2;1-2/h3-9,12-14,23,28H,1,10-11H2,2H3,(H,22,27)(H,24,25);3,5,7H,1,4H2,2H3;1-2H3/b8-6+;6-5-;. The van der Waals surface area contributed by atoms with Crippen LogP contribution in [-0.2, 0) is 4.79 Å². The molecule has 3 N–H and O–H groups in total. The van der Waals surface area contributed by atoms with Gasteiger partial charge in [-0.2, -0.15) is 17.7 Å². The lowest BCUT2D eigenvalue weighted by molar-refractivity contribution is -0.105. The van der Waals surface area contributed by atoms with Gasteiger partial charge in [-0.3, -0.25) is 9.89 Å². The molecule has 0 aliphatic heterocycles. The first-order valence-electron chi connectivity index (χ1n) is 12.2. The molecule has 37 heavy (non-hydrogen) atoms. The first-order chi connectivity index (χ1) is 17.9. The van der Waals surface area contributed by atoms with Crippen molar-refractivity contribution in [3.8, 4) is 0 Å². The number of carbonyl (C=O) groups excluding carboxylic acids is 1. The van der Waals surface area contributed by atoms with Gasteiger partial charge in [-0.1, -0.05) is 64.3 Å². The Balaban J connectivity index is 0.000000659. The summed E-state index contributed by atoms with van der Waals surface area (Å²) in [6.07, 6.45) is 9.24. The Kier molecular flexibility index (Phi) is 15.4. The molecule has 1 heterocycles. The molecule has 0 bridgehead atoms. The minimum atomic E-state index is 0.663. The minimum absolute atomic E-state index is 0.663. The summed E-state index contributed by atoms with van der Waals surface area (Å²) < 4.78 is 0. The summed E-state index contributed by atoms with van der Waals surface area (Å²) in [4.78, 5) is 13.8. The van der Waals surface area contributed by atoms with Crippen molar-refractivity contribution in [3.05, 3.63) is 89.8 Å². The molecule has 0 fully saturated rings. The van der Waals surface area contributed by atoms with Crippen molar-refractivity contribution in [2.75, 3.05) is 30.0 Å². The molecule has 0 atom stereocenters. The van der Waals surface area contributed by atoms with E-state index in [1.807, 2.05) is 86.5 Å². The van der Waals surface area contributed by atoms with Gasteiger partial charge in [-0.15, -0.1) is 12.6 Å². The third-order valence-electron chi connectivity index (χ3n) is 5.00. The van der Waals surface area contributed by atoms with Crippen LogP contribution >= 0.6 is 25.3 Å². The fraction of sp³-hybridized carbons (Fsp3) is 0.241. The van der Waals surface area contributed by atoms with E-state index in [0.29, 0.717) is 6.41 Å². The molecule has 0 saturated heterocycles. The van der Waals surface area contributed by atoms with Crippen molar-refractivity contribution in [2.24, 2.45) is 0 Å². The number of hydrogen-bond acceptors (Lipinski definition) is 6. The number of carbonyl (C=O) groups is 1. The van der Waals surface area contributed by atoms with Gasteiger partial charge < -0.3 is 15.5 Å². The number of anilines is 2. The predicted molar refractivity (Wildman–Crippen MR) is 169 cm³/mol. The molecule has 3 aromatic rings. The zero-order valence-corrected chi connectivity index (χ0v) is 23.9. The average Bonchev–Trinajstić information content (AvgIpc) is 3.32. The topological polar surface area (TPSA) is 73.0 Å². The maximum absolute atomic E-state index is 10.7. The molecule has 0 spiro atoms. The molecule has 8 heteroatoms. The summed E-state index contributed by atoms with van der Waals surface area (Å²) >= 11 is 8.35. The highest BCUT2D eigenvalue weighted by atomic mass is 32.1. The third kappa shape index (κ3) is 11.1. The van der Waals surface area contributed by atoms with Crippen molar-refractivity contribution < 1.29 is 4.79 Å². The summed E-state index contributed by atoms with van der Waals surface area (Å²) in [5.74, 6) is 1.59. The Bertz CT molecular complexity index is 1200. The summed E-state index contributed by atoms with van der Waals surface area (Å²) in [5.41, 5.74) is 4.44. The normalized spacial score (nSPS) is 10.6. The first-order valence-corrected chi connectivity index (χ1v) is 13.2. The second kappa shape index (κ2) is 18.0. The maximum atomic E-state index is 10.7. The van der Waals surface area contributed by atoms with Crippen LogP contribution in [0.3, 0.4) is 0 Å². The summed E-state index contributed by atoms with van der Waals surface area (Å²) in [7, 11) is 1.98. The number of fused-ring (bicyclic) bond motifs is 1. The Hall–Kier alpha value is -3.36. The number of amides is 1. The summed E-state index contributed by atoms with van der Waals surface area (Å²) in [6, 6.07) is 13.7. The van der Waals surface area contributed by atoms with Gasteiger partial charge in [0, 0.05) is 36.1 Å². The van der Waals surface area contributed by atoms with Gasteiger partial charge in [0.1, 0.15) is 0 Å². The number of aromatic amines is 1. The monoisotopic (exact) mass is 537 g/mol. The van der Waals surface area contributed by atoms with Gasteiger partial charge in [0.2, 0.25) is 6.41 Å². The van der Waals surface area contributed by atoms with Crippen molar-refractivity contribution in [2.45, 2.75) is 27.2 Å². The number of nitrogens with one attached hydrogen (secondary N) is 3. The molecule has 1 aromatic heterocycles. The summed E-state index contributed by atoms with van der Waals surface area (Å²) in [6.45, 7) is 14.5. The smallest absolute Gasteiger partial charge is 0.211 e. The fourth-order valence-corrected chi connectivity index (χ4v) is 3.42. The van der Waals surface area contributed by atoms with E-state index in [1.165, 1.54) is 0 Å². The molecule has 0 saturated carbocycles. The van der Waals surface area contributed by atoms with Crippen LogP contribution in [0.1, 0.15) is 38.4 Å². The third-order valence-corrected chi connectivity index (χ3v) is 5.66. The zero-order valence-electron chi connectivity index (χ0n) is 22.2. The quantitative estimate of drug-likeness (QED) is 0.0999. The first kappa shape index (κ1) is 31.7. The molecular weight excluding hydrogens is 498 g/mol. The Morgan fingerprint density at radius 2 is 1.92 bits per heavy atom. The highest BCUT2D eigenvalue weighted by molar-refractivity contribution is 7.84. The Morgan fingerprint density at radius 3 is 2.54 bits per heavy atom. The number of aromatic nitrogens is 2. The van der Waals surface area contributed by atoms with Crippen molar-refractivity contribution >= 4 is 66.1 Å². The van der Waals surface area contributed by atoms with Gasteiger partial charge in [0.25, 0.3) is 0 Å². The van der Waals surface area contributed by atoms with Crippen LogP contribution in [0.25, 0.3) is 23.1 Å². The minimum Gasteiger partial charge on any atom is -0.361 e. The van der Waals surface area contributed by atoms with E-state index >= 15 is 0 Å².